The zero-order valence-electron chi connectivity index (χ0n) is 9.10. The molecule has 0 spiro atoms. The largest absolute Gasteiger partial charge is 0.333 e. The van der Waals surface area contributed by atoms with E-state index in [0.717, 1.165) is 22.4 Å². The van der Waals surface area contributed by atoms with E-state index in [4.69, 9.17) is 5.73 Å². The van der Waals surface area contributed by atoms with Crippen LogP contribution in [-0.2, 0) is 6.54 Å². The topological polar surface area (TPSA) is 43.8 Å². The van der Waals surface area contributed by atoms with E-state index in [9.17, 15) is 0 Å². The highest BCUT2D eigenvalue weighted by atomic mass is 79.9. The molecule has 84 valence electrons. The van der Waals surface area contributed by atoms with Crippen molar-refractivity contribution in [3.63, 3.8) is 0 Å². The first kappa shape index (κ1) is 11.4. The van der Waals surface area contributed by atoms with Gasteiger partial charge < -0.3 is 10.3 Å². The standard InChI is InChI=1S/C12H14BrN3/c1-9-15-6-7-16(9)8-12(14)10-4-2-3-5-11(10)13/h2-7,12H,8,14H2,1H3. The average Bonchev–Trinajstić information content (AvgIpc) is 2.65. The van der Waals surface area contributed by atoms with E-state index in [-0.39, 0.29) is 6.04 Å². The molecular formula is C12H14BrN3. The normalized spacial score (nSPS) is 12.7. The molecule has 4 heteroatoms. The van der Waals surface area contributed by atoms with Gasteiger partial charge in [0.2, 0.25) is 0 Å². The lowest BCUT2D eigenvalue weighted by Crippen LogP contribution is -2.18. The summed E-state index contributed by atoms with van der Waals surface area (Å²) in [5, 5.41) is 0. The minimum atomic E-state index is -0.0246. The third-order valence-electron chi connectivity index (χ3n) is 2.62. The number of nitrogens with two attached hydrogens (primary N) is 1. The number of halogens is 1. The predicted octanol–water partition coefficient (Wildman–Crippen LogP) is 2.65. The van der Waals surface area contributed by atoms with Gasteiger partial charge in [0.25, 0.3) is 0 Å². The summed E-state index contributed by atoms with van der Waals surface area (Å²) in [4.78, 5) is 4.18. The van der Waals surface area contributed by atoms with Crippen molar-refractivity contribution in [3.05, 3.63) is 52.5 Å². The van der Waals surface area contributed by atoms with Crippen LogP contribution < -0.4 is 5.73 Å². The molecule has 1 heterocycles. The van der Waals surface area contributed by atoms with Crippen molar-refractivity contribution in [1.82, 2.24) is 9.55 Å². The van der Waals surface area contributed by atoms with Crippen LogP contribution in [0.25, 0.3) is 0 Å². The summed E-state index contributed by atoms with van der Waals surface area (Å²) < 4.78 is 3.12. The molecule has 2 aromatic rings. The van der Waals surface area contributed by atoms with Crippen LogP contribution in [-0.4, -0.2) is 9.55 Å². The van der Waals surface area contributed by atoms with Gasteiger partial charge in [-0.2, -0.15) is 0 Å². The highest BCUT2D eigenvalue weighted by molar-refractivity contribution is 9.10. The molecule has 2 rings (SSSR count). The lowest BCUT2D eigenvalue weighted by molar-refractivity contribution is 0.563. The van der Waals surface area contributed by atoms with E-state index in [0.29, 0.717) is 0 Å². The van der Waals surface area contributed by atoms with E-state index in [2.05, 4.69) is 25.5 Å². The maximum Gasteiger partial charge on any atom is 0.105 e. The third kappa shape index (κ3) is 2.33. The molecule has 1 aromatic carbocycles. The molecule has 0 fully saturated rings. The summed E-state index contributed by atoms with van der Waals surface area (Å²) >= 11 is 3.51. The minimum absolute atomic E-state index is 0.0246. The second-order valence-electron chi connectivity index (χ2n) is 3.75. The van der Waals surface area contributed by atoms with Gasteiger partial charge in [-0.05, 0) is 18.6 Å². The smallest absolute Gasteiger partial charge is 0.105 e. The van der Waals surface area contributed by atoms with E-state index < -0.39 is 0 Å². The van der Waals surface area contributed by atoms with Gasteiger partial charge in [-0.1, -0.05) is 34.1 Å². The summed E-state index contributed by atoms with van der Waals surface area (Å²) in [6.45, 7) is 2.72. The van der Waals surface area contributed by atoms with Gasteiger partial charge >= 0.3 is 0 Å². The maximum atomic E-state index is 6.18. The Labute approximate surface area is 103 Å². The molecule has 0 aliphatic rings. The molecule has 1 aromatic heterocycles. The Kier molecular flexibility index (Phi) is 3.41. The van der Waals surface area contributed by atoms with Gasteiger partial charge in [0, 0.05) is 29.5 Å². The lowest BCUT2D eigenvalue weighted by atomic mass is 10.1. The Hall–Kier alpha value is -1.13. The van der Waals surface area contributed by atoms with E-state index >= 15 is 0 Å². The number of nitrogens with zero attached hydrogens (tertiary/aromatic N) is 2. The number of hydrogen-bond acceptors (Lipinski definition) is 2. The van der Waals surface area contributed by atoms with Crippen molar-refractivity contribution >= 4 is 15.9 Å². The molecule has 16 heavy (non-hydrogen) atoms. The Morgan fingerprint density at radius 2 is 2.19 bits per heavy atom. The minimum Gasteiger partial charge on any atom is -0.333 e. The highest BCUT2D eigenvalue weighted by Crippen LogP contribution is 2.22. The van der Waals surface area contributed by atoms with Crippen molar-refractivity contribution in [2.24, 2.45) is 5.73 Å². The van der Waals surface area contributed by atoms with E-state index in [1.165, 1.54) is 0 Å². The zero-order valence-corrected chi connectivity index (χ0v) is 10.7. The second-order valence-corrected chi connectivity index (χ2v) is 4.61. The summed E-state index contributed by atoms with van der Waals surface area (Å²) in [5.41, 5.74) is 7.30. The van der Waals surface area contributed by atoms with Crippen molar-refractivity contribution in [2.45, 2.75) is 19.5 Å². The first-order valence-electron chi connectivity index (χ1n) is 5.16. The number of hydrogen-bond donors (Lipinski definition) is 1. The molecule has 0 amide bonds. The molecule has 0 saturated heterocycles. The third-order valence-corrected chi connectivity index (χ3v) is 3.34. The van der Waals surface area contributed by atoms with Crippen molar-refractivity contribution in [1.29, 1.82) is 0 Å². The van der Waals surface area contributed by atoms with Gasteiger partial charge in [0.05, 0.1) is 0 Å². The molecular weight excluding hydrogens is 266 g/mol. The van der Waals surface area contributed by atoms with Crippen LogP contribution >= 0.6 is 15.9 Å². The van der Waals surface area contributed by atoms with Crippen LogP contribution in [0.15, 0.2) is 41.1 Å². The van der Waals surface area contributed by atoms with Crippen LogP contribution in [0, 0.1) is 6.92 Å². The molecule has 0 aliphatic heterocycles. The number of imidazole rings is 1. The monoisotopic (exact) mass is 279 g/mol. The number of aromatic nitrogens is 2. The molecule has 0 aliphatic carbocycles. The molecule has 1 unspecified atom stereocenters. The van der Waals surface area contributed by atoms with Gasteiger partial charge in [-0.15, -0.1) is 0 Å². The van der Waals surface area contributed by atoms with Gasteiger partial charge in [0.15, 0.2) is 0 Å². The van der Waals surface area contributed by atoms with E-state index in [1.54, 1.807) is 6.20 Å². The predicted molar refractivity (Wildman–Crippen MR) is 68.0 cm³/mol. The van der Waals surface area contributed by atoms with Crippen LogP contribution in [0.2, 0.25) is 0 Å². The van der Waals surface area contributed by atoms with Crippen LogP contribution in [0.4, 0.5) is 0 Å². The first-order chi connectivity index (χ1) is 7.68. The van der Waals surface area contributed by atoms with Gasteiger partial charge in [-0.3, -0.25) is 0 Å². The summed E-state index contributed by atoms with van der Waals surface area (Å²) in [6.07, 6.45) is 3.74. The quantitative estimate of drug-likeness (QED) is 0.939. The van der Waals surface area contributed by atoms with Crippen molar-refractivity contribution < 1.29 is 0 Å². The van der Waals surface area contributed by atoms with Gasteiger partial charge in [0.1, 0.15) is 5.82 Å². The van der Waals surface area contributed by atoms with Crippen molar-refractivity contribution in [3.8, 4) is 0 Å². The fourth-order valence-electron chi connectivity index (χ4n) is 1.68. The molecule has 0 bridgehead atoms. The summed E-state index contributed by atoms with van der Waals surface area (Å²) in [6, 6.07) is 8.02. The Balaban J connectivity index is 2.18. The SMILES string of the molecule is Cc1nccn1CC(N)c1ccccc1Br. The molecule has 1 atom stereocenters. The average molecular weight is 280 g/mol. The Morgan fingerprint density at radius 3 is 2.81 bits per heavy atom. The highest BCUT2D eigenvalue weighted by Gasteiger charge is 2.10. The summed E-state index contributed by atoms with van der Waals surface area (Å²) in [5.74, 6) is 0.988. The van der Waals surface area contributed by atoms with Crippen LogP contribution in [0.5, 0.6) is 0 Å². The number of benzene rings is 1. The molecule has 0 saturated carbocycles. The summed E-state index contributed by atoms with van der Waals surface area (Å²) in [7, 11) is 0. The van der Waals surface area contributed by atoms with Crippen molar-refractivity contribution in [2.75, 3.05) is 0 Å². The zero-order chi connectivity index (χ0) is 11.5. The van der Waals surface area contributed by atoms with E-state index in [1.807, 2.05) is 37.4 Å². The maximum absolute atomic E-state index is 6.18. The molecule has 3 nitrogen and oxygen atoms in total. The first-order valence-corrected chi connectivity index (χ1v) is 5.95. The number of aryl methyl sites for hydroxylation is 1. The second kappa shape index (κ2) is 4.80. The fourth-order valence-corrected chi connectivity index (χ4v) is 2.26. The molecule has 2 N–H and O–H groups in total. The fraction of sp³-hybridized carbons (Fsp3) is 0.250. The Morgan fingerprint density at radius 1 is 1.44 bits per heavy atom. The molecule has 0 radical (unpaired) electrons. The lowest BCUT2D eigenvalue weighted by Gasteiger charge is -2.15. The van der Waals surface area contributed by atoms with Gasteiger partial charge in [-0.25, -0.2) is 4.98 Å². The number of rotatable bonds is 3. The Bertz CT molecular complexity index is 479. The van der Waals surface area contributed by atoms with Crippen LogP contribution in [0.1, 0.15) is 17.4 Å². The van der Waals surface area contributed by atoms with Crippen LogP contribution in [0.3, 0.4) is 0 Å².